The topological polar surface area (TPSA) is 60.2 Å². The summed E-state index contributed by atoms with van der Waals surface area (Å²) in [5.74, 6) is 2.20. The van der Waals surface area contributed by atoms with E-state index in [1.807, 2.05) is 26.0 Å². The number of rotatable bonds is 3. The monoisotopic (exact) mass is 273 g/mol. The van der Waals surface area contributed by atoms with Crippen LogP contribution in [0.1, 0.15) is 35.9 Å². The minimum absolute atomic E-state index is 0.204. The van der Waals surface area contributed by atoms with Crippen molar-refractivity contribution in [3.05, 3.63) is 29.2 Å². The number of ether oxygens (including phenoxy) is 1. The first-order valence-corrected chi connectivity index (χ1v) is 6.91. The van der Waals surface area contributed by atoms with Crippen LogP contribution in [0.25, 0.3) is 11.4 Å². The Hall–Kier alpha value is -1.88. The Balaban J connectivity index is 1.96. The van der Waals surface area contributed by atoms with Gasteiger partial charge in [-0.2, -0.15) is 4.98 Å². The molecule has 1 aromatic carbocycles. The van der Waals surface area contributed by atoms with E-state index in [4.69, 9.17) is 9.26 Å². The summed E-state index contributed by atoms with van der Waals surface area (Å²) in [7, 11) is 1.67. The Morgan fingerprint density at radius 1 is 1.30 bits per heavy atom. The van der Waals surface area contributed by atoms with Gasteiger partial charge in [0.2, 0.25) is 11.7 Å². The zero-order valence-electron chi connectivity index (χ0n) is 12.1. The summed E-state index contributed by atoms with van der Waals surface area (Å²) in [4.78, 5) is 4.56. The quantitative estimate of drug-likeness (QED) is 0.931. The number of nitrogens with zero attached hydrogens (tertiary/aromatic N) is 2. The summed E-state index contributed by atoms with van der Waals surface area (Å²) < 4.78 is 10.7. The lowest BCUT2D eigenvalue weighted by Crippen LogP contribution is -2.13. The van der Waals surface area contributed by atoms with Gasteiger partial charge in [-0.05, 0) is 56.5 Å². The molecule has 1 fully saturated rings. The van der Waals surface area contributed by atoms with E-state index in [-0.39, 0.29) is 6.04 Å². The lowest BCUT2D eigenvalue weighted by Gasteiger charge is -2.08. The number of hydrogen-bond donors (Lipinski definition) is 1. The average Bonchev–Trinajstić information content (AvgIpc) is 3.08. The van der Waals surface area contributed by atoms with Crippen LogP contribution >= 0.6 is 0 Å². The fraction of sp³-hybridized carbons (Fsp3) is 0.467. The van der Waals surface area contributed by atoms with Crippen LogP contribution in [0.5, 0.6) is 5.75 Å². The van der Waals surface area contributed by atoms with Crippen molar-refractivity contribution in [1.82, 2.24) is 15.5 Å². The largest absolute Gasteiger partial charge is 0.497 e. The summed E-state index contributed by atoms with van der Waals surface area (Å²) in [5, 5.41) is 7.51. The van der Waals surface area contributed by atoms with Crippen LogP contribution in [0.4, 0.5) is 0 Å². The molecule has 1 N–H and O–H groups in total. The van der Waals surface area contributed by atoms with Gasteiger partial charge < -0.3 is 14.6 Å². The zero-order valence-corrected chi connectivity index (χ0v) is 12.1. The van der Waals surface area contributed by atoms with E-state index in [0.29, 0.717) is 11.7 Å². The molecule has 3 rings (SSSR count). The van der Waals surface area contributed by atoms with Crippen LogP contribution < -0.4 is 10.1 Å². The lowest BCUT2D eigenvalue weighted by atomic mass is 10.0. The first kappa shape index (κ1) is 13.1. The highest BCUT2D eigenvalue weighted by atomic mass is 16.5. The molecule has 0 bridgehead atoms. The molecule has 0 amide bonds. The second-order valence-corrected chi connectivity index (χ2v) is 5.24. The molecule has 0 aliphatic carbocycles. The number of benzene rings is 1. The van der Waals surface area contributed by atoms with Crippen LogP contribution in [0.3, 0.4) is 0 Å². The van der Waals surface area contributed by atoms with Crippen molar-refractivity contribution in [3.63, 3.8) is 0 Å². The van der Waals surface area contributed by atoms with E-state index in [1.165, 1.54) is 0 Å². The second kappa shape index (κ2) is 5.25. The molecule has 1 atom stereocenters. The predicted octanol–water partition coefficient (Wildman–Crippen LogP) is 2.79. The first-order chi connectivity index (χ1) is 9.69. The van der Waals surface area contributed by atoms with Crippen LogP contribution in [0.15, 0.2) is 16.7 Å². The van der Waals surface area contributed by atoms with Gasteiger partial charge in [0.25, 0.3) is 0 Å². The maximum absolute atomic E-state index is 5.41. The van der Waals surface area contributed by atoms with Gasteiger partial charge in [0.15, 0.2) is 0 Å². The Labute approximate surface area is 118 Å². The van der Waals surface area contributed by atoms with E-state index in [0.717, 1.165) is 41.8 Å². The highest BCUT2D eigenvalue weighted by Gasteiger charge is 2.23. The molecule has 1 saturated heterocycles. The van der Waals surface area contributed by atoms with E-state index >= 15 is 0 Å². The van der Waals surface area contributed by atoms with E-state index < -0.39 is 0 Å². The van der Waals surface area contributed by atoms with Crippen molar-refractivity contribution in [2.24, 2.45) is 0 Å². The van der Waals surface area contributed by atoms with Crippen LogP contribution in [0.2, 0.25) is 0 Å². The minimum Gasteiger partial charge on any atom is -0.497 e. The highest BCUT2D eigenvalue weighted by Crippen LogP contribution is 2.30. The van der Waals surface area contributed by atoms with Gasteiger partial charge in [-0.15, -0.1) is 0 Å². The van der Waals surface area contributed by atoms with Gasteiger partial charge in [0.1, 0.15) is 5.75 Å². The van der Waals surface area contributed by atoms with Crippen molar-refractivity contribution in [3.8, 4) is 17.1 Å². The third-order valence-corrected chi connectivity index (χ3v) is 3.77. The predicted molar refractivity (Wildman–Crippen MR) is 75.7 cm³/mol. The summed E-state index contributed by atoms with van der Waals surface area (Å²) in [6.45, 7) is 5.09. The van der Waals surface area contributed by atoms with Crippen molar-refractivity contribution >= 4 is 0 Å². The molecular formula is C15H19N3O2. The second-order valence-electron chi connectivity index (χ2n) is 5.24. The first-order valence-electron chi connectivity index (χ1n) is 6.91. The summed E-state index contributed by atoms with van der Waals surface area (Å²) in [5.41, 5.74) is 3.21. The number of aromatic nitrogens is 2. The molecule has 5 heteroatoms. The normalized spacial score (nSPS) is 18.4. The minimum atomic E-state index is 0.204. The number of methoxy groups -OCH3 is 1. The van der Waals surface area contributed by atoms with Gasteiger partial charge in [0, 0.05) is 5.56 Å². The van der Waals surface area contributed by atoms with Gasteiger partial charge >= 0.3 is 0 Å². The number of nitrogens with one attached hydrogen (secondary N) is 1. The summed E-state index contributed by atoms with van der Waals surface area (Å²) in [6, 6.07) is 4.19. The zero-order chi connectivity index (χ0) is 14.1. The molecule has 2 aromatic rings. The Kier molecular flexibility index (Phi) is 3.44. The van der Waals surface area contributed by atoms with Crippen molar-refractivity contribution in [2.45, 2.75) is 32.7 Å². The molecule has 1 unspecified atom stereocenters. The molecule has 5 nitrogen and oxygen atoms in total. The van der Waals surface area contributed by atoms with Gasteiger partial charge in [-0.25, -0.2) is 0 Å². The summed E-state index contributed by atoms with van der Waals surface area (Å²) in [6.07, 6.45) is 2.21. The highest BCUT2D eigenvalue weighted by molar-refractivity contribution is 5.65. The lowest BCUT2D eigenvalue weighted by molar-refractivity contribution is 0.345. The fourth-order valence-corrected chi connectivity index (χ4v) is 2.77. The van der Waals surface area contributed by atoms with Gasteiger partial charge in [0.05, 0.1) is 13.2 Å². The van der Waals surface area contributed by atoms with Crippen molar-refractivity contribution in [1.29, 1.82) is 0 Å². The van der Waals surface area contributed by atoms with Crippen LogP contribution in [-0.2, 0) is 0 Å². The van der Waals surface area contributed by atoms with Crippen molar-refractivity contribution in [2.75, 3.05) is 13.7 Å². The van der Waals surface area contributed by atoms with Crippen LogP contribution in [0, 0.1) is 13.8 Å². The van der Waals surface area contributed by atoms with Crippen LogP contribution in [-0.4, -0.2) is 23.8 Å². The van der Waals surface area contributed by atoms with E-state index in [9.17, 15) is 0 Å². The maximum atomic E-state index is 5.41. The third kappa shape index (κ3) is 2.29. The molecular weight excluding hydrogens is 254 g/mol. The molecule has 20 heavy (non-hydrogen) atoms. The fourth-order valence-electron chi connectivity index (χ4n) is 2.77. The average molecular weight is 273 g/mol. The standard InChI is InChI=1S/C15H19N3O2/c1-9-7-11(19-3)8-10(2)13(9)14-17-15(20-18-14)12-5-4-6-16-12/h7-8,12,16H,4-6H2,1-3H3. The number of aryl methyl sites for hydroxylation is 2. The molecule has 0 radical (unpaired) electrons. The molecule has 0 spiro atoms. The Morgan fingerprint density at radius 3 is 2.65 bits per heavy atom. The number of hydrogen-bond acceptors (Lipinski definition) is 5. The molecule has 106 valence electrons. The van der Waals surface area contributed by atoms with Crippen molar-refractivity contribution < 1.29 is 9.26 Å². The van der Waals surface area contributed by atoms with E-state index in [1.54, 1.807) is 7.11 Å². The summed E-state index contributed by atoms with van der Waals surface area (Å²) >= 11 is 0. The van der Waals surface area contributed by atoms with Gasteiger partial charge in [-0.3, -0.25) is 0 Å². The molecule has 2 heterocycles. The van der Waals surface area contributed by atoms with Gasteiger partial charge in [-0.1, -0.05) is 5.16 Å². The molecule has 0 saturated carbocycles. The molecule has 1 aromatic heterocycles. The Bertz CT molecular complexity index is 592. The van der Waals surface area contributed by atoms with E-state index in [2.05, 4.69) is 15.5 Å². The molecule has 1 aliphatic heterocycles. The SMILES string of the molecule is COc1cc(C)c(-c2noc(C3CCCN3)n2)c(C)c1. The smallest absolute Gasteiger partial charge is 0.244 e. The Morgan fingerprint density at radius 2 is 2.05 bits per heavy atom. The molecule has 1 aliphatic rings. The third-order valence-electron chi connectivity index (χ3n) is 3.77. The maximum Gasteiger partial charge on any atom is 0.244 e.